The van der Waals surface area contributed by atoms with Crippen LogP contribution in [0.1, 0.15) is 29.8 Å². The smallest absolute Gasteiger partial charge is 0.416 e. The van der Waals surface area contributed by atoms with E-state index in [4.69, 9.17) is 4.74 Å². The van der Waals surface area contributed by atoms with Crippen molar-refractivity contribution in [3.8, 4) is 5.75 Å². The summed E-state index contributed by atoms with van der Waals surface area (Å²) in [4.78, 5) is 24.9. The van der Waals surface area contributed by atoms with E-state index in [1.807, 2.05) is 19.9 Å². The van der Waals surface area contributed by atoms with Crippen molar-refractivity contribution in [2.75, 3.05) is 29.1 Å². The van der Waals surface area contributed by atoms with Gasteiger partial charge in [0.25, 0.3) is 5.91 Å². The predicted molar refractivity (Wildman–Crippen MR) is 130 cm³/mol. The van der Waals surface area contributed by atoms with Gasteiger partial charge >= 0.3 is 6.18 Å². The van der Waals surface area contributed by atoms with Gasteiger partial charge in [0, 0.05) is 28.7 Å². The normalized spacial score (nSPS) is 11.1. The number of amides is 2. The van der Waals surface area contributed by atoms with Gasteiger partial charge in [-0.25, -0.2) is 0 Å². The third-order valence-corrected chi connectivity index (χ3v) is 4.73. The van der Waals surface area contributed by atoms with Crippen LogP contribution in [0.5, 0.6) is 5.75 Å². The standard InChI is InChI=1S/C26H26F3N3O3/c1-17(2)16-35-23-11-5-10-22(14-23)31-24(33)15-30-20-8-3-6-18(12-20)25(34)32-21-9-4-7-19(13-21)26(27,28)29/h3-14,17,30H,15-16H2,1-2H3,(H,31,33)(H,32,34). The minimum Gasteiger partial charge on any atom is -0.493 e. The molecule has 3 aromatic rings. The van der Waals surface area contributed by atoms with Gasteiger partial charge in [0.2, 0.25) is 5.91 Å². The number of halogens is 3. The van der Waals surface area contributed by atoms with Gasteiger partial charge in [0.1, 0.15) is 5.75 Å². The minimum absolute atomic E-state index is 0.0298. The highest BCUT2D eigenvalue weighted by Gasteiger charge is 2.30. The minimum atomic E-state index is -4.51. The maximum absolute atomic E-state index is 12.9. The van der Waals surface area contributed by atoms with Crippen LogP contribution in [0, 0.1) is 5.92 Å². The summed E-state index contributed by atoms with van der Waals surface area (Å²) in [5.74, 6) is 0.157. The van der Waals surface area contributed by atoms with E-state index < -0.39 is 17.6 Å². The highest BCUT2D eigenvalue weighted by Crippen LogP contribution is 2.30. The number of hydrogen-bond donors (Lipinski definition) is 3. The molecule has 0 spiro atoms. The first-order valence-corrected chi connectivity index (χ1v) is 11.0. The van der Waals surface area contributed by atoms with Crippen LogP contribution in [-0.4, -0.2) is 25.0 Å². The molecule has 9 heteroatoms. The van der Waals surface area contributed by atoms with Crippen molar-refractivity contribution in [2.45, 2.75) is 20.0 Å². The van der Waals surface area contributed by atoms with Crippen molar-refractivity contribution < 1.29 is 27.5 Å². The molecule has 6 nitrogen and oxygen atoms in total. The van der Waals surface area contributed by atoms with Crippen LogP contribution < -0.4 is 20.7 Å². The van der Waals surface area contributed by atoms with Crippen molar-refractivity contribution in [1.82, 2.24) is 0 Å². The monoisotopic (exact) mass is 485 g/mol. The summed E-state index contributed by atoms with van der Waals surface area (Å²) >= 11 is 0. The van der Waals surface area contributed by atoms with Crippen molar-refractivity contribution >= 4 is 28.9 Å². The van der Waals surface area contributed by atoms with E-state index in [2.05, 4.69) is 16.0 Å². The predicted octanol–water partition coefficient (Wildman–Crippen LogP) is 6.04. The largest absolute Gasteiger partial charge is 0.493 e. The molecule has 2 amide bonds. The lowest BCUT2D eigenvalue weighted by Gasteiger charge is -2.12. The molecule has 3 aromatic carbocycles. The second-order valence-electron chi connectivity index (χ2n) is 8.25. The first kappa shape index (κ1) is 25.6. The Hall–Kier alpha value is -4.01. The maximum Gasteiger partial charge on any atom is 0.416 e. The highest BCUT2D eigenvalue weighted by molar-refractivity contribution is 6.05. The Kier molecular flexibility index (Phi) is 8.35. The molecule has 0 radical (unpaired) electrons. The van der Waals surface area contributed by atoms with Crippen LogP contribution in [-0.2, 0) is 11.0 Å². The van der Waals surface area contributed by atoms with Gasteiger partial charge in [0.15, 0.2) is 0 Å². The van der Waals surface area contributed by atoms with Crippen LogP contribution >= 0.6 is 0 Å². The lowest BCUT2D eigenvalue weighted by Crippen LogP contribution is -2.22. The average Bonchev–Trinajstić information content (AvgIpc) is 2.81. The fraction of sp³-hybridized carbons (Fsp3) is 0.231. The number of benzene rings is 3. The molecule has 0 aliphatic heterocycles. The second kappa shape index (κ2) is 11.4. The van der Waals surface area contributed by atoms with Gasteiger partial charge in [-0.15, -0.1) is 0 Å². The molecule has 184 valence electrons. The Labute approximate surface area is 201 Å². The third kappa shape index (κ3) is 8.06. The molecule has 0 aliphatic carbocycles. The Morgan fingerprint density at radius 3 is 2.23 bits per heavy atom. The zero-order valence-corrected chi connectivity index (χ0v) is 19.3. The van der Waals surface area contributed by atoms with E-state index in [0.29, 0.717) is 29.6 Å². The summed E-state index contributed by atoms with van der Waals surface area (Å²) in [5, 5.41) is 8.17. The lowest BCUT2D eigenvalue weighted by molar-refractivity contribution is -0.137. The quantitative estimate of drug-likeness (QED) is 0.345. The molecule has 3 N–H and O–H groups in total. The Bertz CT molecular complexity index is 1180. The van der Waals surface area contributed by atoms with E-state index in [9.17, 15) is 22.8 Å². The Balaban J connectivity index is 1.56. The van der Waals surface area contributed by atoms with Gasteiger partial charge in [-0.05, 0) is 54.4 Å². The van der Waals surface area contributed by atoms with E-state index in [0.717, 1.165) is 12.1 Å². The summed E-state index contributed by atoms with van der Waals surface area (Å²) in [6.07, 6.45) is -4.51. The molecule has 0 fully saturated rings. The fourth-order valence-corrected chi connectivity index (χ4v) is 3.06. The van der Waals surface area contributed by atoms with Gasteiger partial charge < -0.3 is 20.7 Å². The van der Waals surface area contributed by atoms with Gasteiger partial charge in [-0.3, -0.25) is 9.59 Å². The van der Waals surface area contributed by atoms with Gasteiger partial charge in [-0.1, -0.05) is 32.0 Å². The lowest BCUT2D eigenvalue weighted by atomic mass is 10.1. The van der Waals surface area contributed by atoms with E-state index in [1.165, 1.54) is 24.3 Å². The summed E-state index contributed by atoms with van der Waals surface area (Å²) in [6, 6.07) is 17.8. The van der Waals surface area contributed by atoms with E-state index in [-0.39, 0.29) is 23.7 Å². The zero-order valence-electron chi connectivity index (χ0n) is 19.3. The highest BCUT2D eigenvalue weighted by atomic mass is 19.4. The molecule has 0 atom stereocenters. The average molecular weight is 486 g/mol. The number of ether oxygens (including phenoxy) is 1. The number of nitrogens with one attached hydrogen (secondary N) is 3. The maximum atomic E-state index is 12.9. The van der Waals surface area contributed by atoms with Crippen molar-refractivity contribution in [3.05, 3.63) is 83.9 Å². The molecule has 0 bridgehead atoms. The molecule has 0 unspecified atom stereocenters. The molecular formula is C26H26F3N3O3. The summed E-state index contributed by atoms with van der Waals surface area (Å²) < 4.78 is 44.3. The number of carbonyl (C=O) groups is 2. The summed E-state index contributed by atoms with van der Waals surface area (Å²) in [6.45, 7) is 4.59. The van der Waals surface area contributed by atoms with Crippen LogP contribution in [0.25, 0.3) is 0 Å². The SMILES string of the molecule is CC(C)COc1cccc(NC(=O)CNc2cccc(C(=O)Nc3cccc(C(F)(F)F)c3)c2)c1. The van der Waals surface area contributed by atoms with Crippen LogP contribution in [0.4, 0.5) is 30.2 Å². The molecule has 0 heterocycles. The summed E-state index contributed by atoms with van der Waals surface area (Å²) in [5.41, 5.74) is 0.497. The number of carbonyl (C=O) groups excluding carboxylic acids is 2. The van der Waals surface area contributed by atoms with Gasteiger partial charge in [-0.2, -0.15) is 13.2 Å². The molecule has 35 heavy (non-hydrogen) atoms. The zero-order chi connectivity index (χ0) is 25.4. The van der Waals surface area contributed by atoms with E-state index >= 15 is 0 Å². The molecule has 0 aromatic heterocycles. The molecule has 3 rings (SSSR count). The van der Waals surface area contributed by atoms with Crippen LogP contribution in [0.15, 0.2) is 72.8 Å². The van der Waals surface area contributed by atoms with Gasteiger partial charge in [0.05, 0.1) is 18.7 Å². The molecule has 0 saturated heterocycles. The van der Waals surface area contributed by atoms with E-state index in [1.54, 1.807) is 30.3 Å². The third-order valence-electron chi connectivity index (χ3n) is 4.73. The van der Waals surface area contributed by atoms with Crippen molar-refractivity contribution in [2.24, 2.45) is 5.92 Å². The summed E-state index contributed by atoms with van der Waals surface area (Å²) in [7, 11) is 0. The Morgan fingerprint density at radius 1 is 0.857 bits per heavy atom. The number of hydrogen-bond acceptors (Lipinski definition) is 4. The molecule has 0 saturated carbocycles. The number of rotatable bonds is 9. The van der Waals surface area contributed by atoms with Crippen LogP contribution in [0.2, 0.25) is 0 Å². The molecule has 0 aliphatic rings. The Morgan fingerprint density at radius 2 is 1.51 bits per heavy atom. The fourth-order valence-electron chi connectivity index (χ4n) is 3.06. The molecular weight excluding hydrogens is 459 g/mol. The topological polar surface area (TPSA) is 79.5 Å². The van der Waals surface area contributed by atoms with Crippen molar-refractivity contribution in [1.29, 1.82) is 0 Å². The van der Waals surface area contributed by atoms with Crippen molar-refractivity contribution in [3.63, 3.8) is 0 Å². The number of anilines is 3. The second-order valence-corrected chi connectivity index (χ2v) is 8.25. The van der Waals surface area contributed by atoms with Crippen LogP contribution in [0.3, 0.4) is 0 Å². The first-order valence-electron chi connectivity index (χ1n) is 11.0. The first-order chi connectivity index (χ1) is 16.6. The number of alkyl halides is 3.